The molecule has 8 heteroatoms. The van der Waals surface area contributed by atoms with E-state index in [4.69, 9.17) is 4.74 Å². The summed E-state index contributed by atoms with van der Waals surface area (Å²) in [5.41, 5.74) is 2.56. The zero-order valence-electron chi connectivity index (χ0n) is 16.4. The largest absolute Gasteiger partial charge is 0.454 e. The van der Waals surface area contributed by atoms with Crippen LogP contribution >= 0.6 is 15.9 Å². The average molecular weight is 463 g/mol. The minimum absolute atomic E-state index is 0.255. The molecule has 4 atom stereocenters. The Kier molecular flexibility index (Phi) is 5.23. The van der Waals surface area contributed by atoms with Crippen molar-refractivity contribution in [2.24, 2.45) is 23.7 Å². The molecule has 29 heavy (non-hydrogen) atoms. The molecule has 0 radical (unpaired) electrons. The SMILES string of the molecule is Cc1cc(NC(=O)COC(=O)CN2C(=O)[C@H]3[C@H]4CC[C@@H](C4)[C@@H]3C2=O)cc(C)c1Br. The van der Waals surface area contributed by atoms with Gasteiger partial charge in [0.05, 0.1) is 11.8 Å². The molecule has 1 heterocycles. The maximum atomic E-state index is 12.6. The molecule has 1 saturated heterocycles. The van der Waals surface area contributed by atoms with E-state index in [2.05, 4.69) is 21.2 Å². The topological polar surface area (TPSA) is 92.8 Å². The lowest BCUT2D eigenvalue weighted by atomic mass is 9.81. The van der Waals surface area contributed by atoms with Gasteiger partial charge in [0.15, 0.2) is 6.61 Å². The highest BCUT2D eigenvalue weighted by atomic mass is 79.9. The molecule has 2 bridgehead atoms. The molecule has 1 aromatic carbocycles. The number of likely N-dealkylation sites (tertiary alicyclic amines) is 1. The molecular formula is C21H23BrN2O5. The van der Waals surface area contributed by atoms with E-state index in [0.29, 0.717) is 5.69 Å². The number of nitrogens with one attached hydrogen (secondary N) is 1. The van der Waals surface area contributed by atoms with Gasteiger partial charge in [0.2, 0.25) is 11.8 Å². The summed E-state index contributed by atoms with van der Waals surface area (Å²) in [6.45, 7) is 2.94. The quantitative estimate of drug-likeness (QED) is 0.536. The summed E-state index contributed by atoms with van der Waals surface area (Å²) in [6, 6.07) is 3.62. The summed E-state index contributed by atoms with van der Waals surface area (Å²) < 4.78 is 5.98. The number of rotatable bonds is 5. The van der Waals surface area contributed by atoms with E-state index in [-0.39, 0.29) is 35.5 Å². The van der Waals surface area contributed by atoms with E-state index in [1.165, 1.54) is 0 Å². The normalized spacial score (nSPS) is 27.3. The van der Waals surface area contributed by atoms with Gasteiger partial charge in [-0.25, -0.2) is 0 Å². The zero-order valence-corrected chi connectivity index (χ0v) is 18.0. The van der Waals surface area contributed by atoms with Gasteiger partial charge in [-0.2, -0.15) is 0 Å². The van der Waals surface area contributed by atoms with Crippen molar-refractivity contribution in [1.29, 1.82) is 0 Å². The maximum absolute atomic E-state index is 12.6. The maximum Gasteiger partial charge on any atom is 0.326 e. The minimum Gasteiger partial charge on any atom is -0.454 e. The highest BCUT2D eigenvalue weighted by Gasteiger charge is 2.61. The Morgan fingerprint density at radius 3 is 2.21 bits per heavy atom. The van der Waals surface area contributed by atoms with Gasteiger partial charge in [0.25, 0.3) is 5.91 Å². The second-order valence-electron chi connectivity index (χ2n) is 8.28. The van der Waals surface area contributed by atoms with Crippen molar-refractivity contribution in [2.45, 2.75) is 33.1 Å². The number of nitrogens with zero attached hydrogens (tertiary/aromatic N) is 1. The van der Waals surface area contributed by atoms with Gasteiger partial charge in [0, 0.05) is 10.2 Å². The van der Waals surface area contributed by atoms with Crippen LogP contribution in [0.1, 0.15) is 30.4 Å². The first-order valence-electron chi connectivity index (χ1n) is 9.83. The number of fused-ring (bicyclic) bond motifs is 5. The molecule has 3 amide bonds. The van der Waals surface area contributed by atoms with Gasteiger partial charge >= 0.3 is 5.97 Å². The third kappa shape index (κ3) is 3.58. The molecule has 2 saturated carbocycles. The number of halogens is 1. The number of imide groups is 1. The number of carbonyl (C=O) groups is 4. The standard InChI is InChI=1S/C21H23BrN2O5/c1-10-5-14(6-11(2)19(10)22)23-15(25)9-29-16(26)8-24-20(27)17-12-3-4-13(7-12)18(17)21(24)28/h5-6,12-13,17-18H,3-4,7-9H2,1-2H3,(H,23,25)/t12-,13-,17-,18-/m0/s1. The third-order valence-corrected chi connectivity index (χ3v) is 7.64. The fourth-order valence-corrected chi connectivity index (χ4v) is 5.39. The highest BCUT2D eigenvalue weighted by Crippen LogP contribution is 2.56. The fourth-order valence-electron chi connectivity index (χ4n) is 5.16. The molecule has 2 aliphatic carbocycles. The zero-order chi connectivity index (χ0) is 20.9. The van der Waals surface area contributed by atoms with Gasteiger partial charge in [-0.15, -0.1) is 0 Å². The number of anilines is 1. The average Bonchev–Trinajstić information content (AvgIpc) is 3.34. The lowest BCUT2D eigenvalue weighted by Crippen LogP contribution is -2.38. The van der Waals surface area contributed by atoms with Gasteiger partial charge in [-0.05, 0) is 68.2 Å². The third-order valence-electron chi connectivity index (χ3n) is 6.39. The first-order chi connectivity index (χ1) is 13.8. The number of benzene rings is 1. The molecule has 0 aromatic heterocycles. The molecule has 4 rings (SSSR count). The predicted octanol–water partition coefficient (Wildman–Crippen LogP) is 2.58. The number of hydrogen-bond donors (Lipinski definition) is 1. The van der Waals surface area contributed by atoms with Crippen molar-refractivity contribution in [3.05, 3.63) is 27.7 Å². The number of amides is 3. The van der Waals surface area contributed by atoms with Crippen LogP contribution < -0.4 is 5.32 Å². The van der Waals surface area contributed by atoms with Crippen LogP contribution in [0.3, 0.4) is 0 Å². The van der Waals surface area contributed by atoms with Crippen LogP contribution in [0.2, 0.25) is 0 Å². The van der Waals surface area contributed by atoms with Crippen molar-refractivity contribution >= 4 is 45.3 Å². The summed E-state index contributed by atoms with van der Waals surface area (Å²) in [7, 11) is 0. The molecule has 154 valence electrons. The Morgan fingerprint density at radius 1 is 1.10 bits per heavy atom. The summed E-state index contributed by atoms with van der Waals surface area (Å²) >= 11 is 3.47. The van der Waals surface area contributed by atoms with Crippen molar-refractivity contribution in [3.63, 3.8) is 0 Å². The van der Waals surface area contributed by atoms with E-state index in [1.807, 2.05) is 26.0 Å². The summed E-state index contributed by atoms with van der Waals surface area (Å²) in [5.74, 6) is -1.73. The minimum atomic E-state index is -0.752. The van der Waals surface area contributed by atoms with Crippen LogP contribution in [0.25, 0.3) is 0 Å². The van der Waals surface area contributed by atoms with Crippen molar-refractivity contribution in [2.75, 3.05) is 18.5 Å². The van der Waals surface area contributed by atoms with Crippen molar-refractivity contribution in [3.8, 4) is 0 Å². The van der Waals surface area contributed by atoms with E-state index in [0.717, 1.165) is 39.8 Å². The Bertz CT molecular complexity index is 863. The van der Waals surface area contributed by atoms with E-state index >= 15 is 0 Å². The smallest absolute Gasteiger partial charge is 0.326 e. The summed E-state index contributed by atoms with van der Waals surface area (Å²) in [6.07, 6.45) is 2.91. The van der Waals surface area contributed by atoms with Crippen LogP contribution in [0.15, 0.2) is 16.6 Å². The molecule has 0 unspecified atom stereocenters. The van der Waals surface area contributed by atoms with Gasteiger partial charge < -0.3 is 10.1 Å². The Labute approximate surface area is 177 Å². The highest BCUT2D eigenvalue weighted by molar-refractivity contribution is 9.10. The number of hydrogen-bond acceptors (Lipinski definition) is 5. The van der Waals surface area contributed by atoms with E-state index in [1.54, 1.807) is 0 Å². The first kappa shape index (κ1) is 20.1. The summed E-state index contributed by atoms with van der Waals surface area (Å²) in [4.78, 5) is 50.5. The molecule has 7 nitrogen and oxygen atoms in total. The second-order valence-corrected chi connectivity index (χ2v) is 9.07. The Hall–Kier alpha value is -2.22. The predicted molar refractivity (Wildman–Crippen MR) is 108 cm³/mol. The molecule has 1 aliphatic heterocycles. The molecule has 0 spiro atoms. The molecule has 1 aromatic rings. The molecule has 3 aliphatic rings. The van der Waals surface area contributed by atoms with Gasteiger partial charge in [-0.1, -0.05) is 15.9 Å². The second kappa shape index (κ2) is 7.55. The first-order valence-corrected chi connectivity index (χ1v) is 10.6. The molecule has 1 N–H and O–H groups in total. The molecular weight excluding hydrogens is 440 g/mol. The van der Waals surface area contributed by atoms with Crippen molar-refractivity contribution < 1.29 is 23.9 Å². The summed E-state index contributed by atoms with van der Waals surface area (Å²) in [5, 5.41) is 2.69. The van der Waals surface area contributed by atoms with Crippen LogP contribution in [-0.4, -0.2) is 41.7 Å². The number of ether oxygens (including phenoxy) is 1. The van der Waals surface area contributed by atoms with Crippen LogP contribution in [0, 0.1) is 37.5 Å². The fraction of sp³-hybridized carbons (Fsp3) is 0.524. The lowest BCUT2D eigenvalue weighted by molar-refractivity contribution is -0.154. The van der Waals surface area contributed by atoms with Crippen LogP contribution in [0.4, 0.5) is 5.69 Å². The Balaban J connectivity index is 1.30. The Morgan fingerprint density at radius 2 is 1.66 bits per heavy atom. The van der Waals surface area contributed by atoms with Gasteiger partial charge in [0.1, 0.15) is 6.54 Å². The van der Waals surface area contributed by atoms with Gasteiger partial charge in [-0.3, -0.25) is 24.1 Å². The van der Waals surface area contributed by atoms with Crippen molar-refractivity contribution in [1.82, 2.24) is 4.90 Å². The number of carbonyl (C=O) groups excluding carboxylic acids is 4. The monoisotopic (exact) mass is 462 g/mol. The van der Waals surface area contributed by atoms with E-state index < -0.39 is 25.0 Å². The lowest BCUT2D eigenvalue weighted by Gasteiger charge is -2.19. The van der Waals surface area contributed by atoms with Crippen LogP contribution in [0.5, 0.6) is 0 Å². The number of esters is 1. The van der Waals surface area contributed by atoms with E-state index in [9.17, 15) is 19.2 Å². The number of aryl methyl sites for hydroxylation is 2. The molecule has 3 fully saturated rings. The van der Waals surface area contributed by atoms with Crippen LogP contribution in [-0.2, 0) is 23.9 Å².